The van der Waals surface area contributed by atoms with Gasteiger partial charge in [0, 0.05) is 18.8 Å². The van der Waals surface area contributed by atoms with E-state index in [1.807, 2.05) is 31.2 Å². The fraction of sp³-hybridized carbons (Fsp3) is 0.500. The van der Waals surface area contributed by atoms with Crippen molar-refractivity contribution in [3.05, 3.63) is 29.8 Å². The second-order valence-electron chi connectivity index (χ2n) is 5.83. The number of urea groups is 1. The third-order valence-corrected chi connectivity index (χ3v) is 4.14. The van der Waals surface area contributed by atoms with Gasteiger partial charge in [-0.25, -0.2) is 4.79 Å². The summed E-state index contributed by atoms with van der Waals surface area (Å²) in [7, 11) is 0. The van der Waals surface area contributed by atoms with Crippen molar-refractivity contribution in [3.63, 3.8) is 0 Å². The van der Waals surface area contributed by atoms with E-state index in [0.717, 1.165) is 17.7 Å². The number of carbonyl (C=O) groups is 2. The molecule has 5 heteroatoms. The lowest BCUT2D eigenvalue weighted by Gasteiger charge is -2.37. The van der Waals surface area contributed by atoms with Gasteiger partial charge in [0.2, 0.25) is 0 Å². The molecule has 2 rings (SSSR count). The highest BCUT2D eigenvalue weighted by Crippen LogP contribution is 2.30. The number of para-hydroxylation sites is 1. The highest BCUT2D eigenvalue weighted by atomic mass is 16.4. The SMILES string of the molecule is CCc1ccccc1NC(=O)N1CCCC(C)(C(=O)O)C1. The lowest BCUT2D eigenvalue weighted by molar-refractivity contribution is -0.150. The molecule has 1 unspecified atom stereocenters. The van der Waals surface area contributed by atoms with Gasteiger partial charge in [-0.2, -0.15) is 0 Å². The van der Waals surface area contributed by atoms with Crippen LogP contribution < -0.4 is 5.32 Å². The number of likely N-dealkylation sites (tertiary alicyclic amines) is 1. The van der Waals surface area contributed by atoms with Crippen molar-refractivity contribution in [2.24, 2.45) is 5.41 Å². The Morgan fingerprint density at radius 1 is 1.38 bits per heavy atom. The molecule has 2 amide bonds. The molecule has 0 radical (unpaired) electrons. The molecule has 1 aliphatic heterocycles. The van der Waals surface area contributed by atoms with Gasteiger partial charge in [-0.1, -0.05) is 25.1 Å². The number of amides is 2. The van der Waals surface area contributed by atoms with Crippen LogP contribution in [0.15, 0.2) is 24.3 Å². The van der Waals surface area contributed by atoms with Crippen LogP contribution in [0.25, 0.3) is 0 Å². The number of anilines is 1. The van der Waals surface area contributed by atoms with Crippen molar-refractivity contribution in [2.75, 3.05) is 18.4 Å². The zero-order valence-electron chi connectivity index (χ0n) is 12.6. The van der Waals surface area contributed by atoms with Crippen LogP contribution in [0.2, 0.25) is 0 Å². The standard InChI is InChI=1S/C16H22N2O3/c1-3-12-7-4-5-8-13(12)17-15(21)18-10-6-9-16(2,11-18)14(19)20/h4-5,7-8H,3,6,9-11H2,1-2H3,(H,17,21)(H,19,20). The molecule has 1 aromatic carbocycles. The second kappa shape index (κ2) is 6.16. The van der Waals surface area contributed by atoms with Gasteiger partial charge >= 0.3 is 12.0 Å². The molecular formula is C16H22N2O3. The molecule has 1 aromatic rings. The van der Waals surface area contributed by atoms with Crippen LogP contribution in [0.5, 0.6) is 0 Å². The van der Waals surface area contributed by atoms with E-state index in [9.17, 15) is 14.7 Å². The highest BCUT2D eigenvalue weighted by Gasteiger charge is 2.39. The lowest BCUT2D eigenvalue weighted by Crippen LogP contribution is -2.49. The van der Waals surface area contributed by atoms with Crippen molar-refractivity contribution in [2.45, 2.75) is 33.1 Å². The Bertz CT molecular complexity index is 544. The summed E-state index contributed by atoms with van der Waals surface area (Å²) in [6, 6.07) is 7.45. The number of piperidine rings is 1. The Balaban J connectivity index is 2.08. The van der Waals surface area contributed by atoms with Gasteiger partial charge in [0.15, 0.2) is 0 Å². The van der Waals surface area contributed by atoms with Crippen LogP contribution in [0.1, 0.15) is 32.3 Å². The van der Waals surface area contributed by atoms with Gasteiger partial charge in [-0.15, -0.1) is 0 Å². The van der Waals surface area contributed by atoms with Gasteiger partial charge in [0.25, 0.3) is 0 Å². The van der Waals surface area contributed by atoms with Crippen molar-refractivity contribution in [3.8, 4) is 0 Å². The van der Waals surface area contributed by atoms with Crippen LogP contribution in [-0.4, -0.2) is 35.1 Å². The second-order valence-corrected chi connectivity index (χ2v) is 5.83. The Morgan fingerprint density at radius 2 is 2.10 bits per heavy atom. The first-order valence-electron chi connectivity index (χ1n) is 7.33. The summed E-state index contributed by atoms with van der Waals surface area (Å²) >= 11 is 0. The summed E-state index contributed by atoms with van der Waals surface area (Å²) in [6.07, 6.45) is 2.16. The van der Waals surface area contributed by atoms with Crippen LogP contribution in [0.3, 0.4) is 0 Å². The molecular weight excluding hydrogens is 268 g/mol. The van der Waals surface area contributed by atoms with Crippen LogP contribution in [-0.2, 0) is 11.2 Å². The fourth-order valence-corrected chi connectivity index (χ4v) is 2.73. The normalized spacial score (nSPS) is 21.9. The van der Waals surface area contributed by atoms with Crippen molar-refractivity contribution in [1.82, 2.24) is 4.90 Å². The van der Waals surface area contributed by atoms with Crippen molar-refractivity contribution < 1.29 is 14.7 Å². The highest BCUT2D eigenvalue weighted by molar-refractivity contribution is 5.90. The fourth-order valence-electron chi connectivity index (χ4n) is 2.73. The van der Waals surface area contributed by atoms with Gasteiger partial charge in [-0.05, 0) is 37.8 Å². The zero-order chi connectivity index (χ0) is 15.5. The average molecular weight is 290 g/mol. The van der Waals surface area contributed by atoms with E-state index in [2.05, 4.69) is 5.32 Å². The van der Waals surface area contributed by atoms with E-state index in [1.165, 1.54) is 0 Å². The van der Waals surface area contributed by atoms with Crippen molar-refractivity contribution in [1.29, 1.82) is 0 Å². The first-order chi connectivity index (χ1) is 9.96. The molecule has 1 fully saturated rings. The molecule has 5 nitrogen and oxygen atoms in total. The third-order valence-electron chi connectivity index (χ3n) is 4.14. The molecule has 21 heavy (non-hydrogen) atoms. The maximum absolute atomic E-state index is 12.4. The van der Waals surface area contributed by atoms with Gasteiger partial charge in [0.05, 0.1) is 5.41 Å². The summed E-state index contributed by atoms with van der Waals surface area (Å²) in [6.45, 7) is 4.59. The molecule has 1 aliphatic rings. The minimum Gasteiger partial charge on any atom is -0.481 e. The number of hydrogen-bond donors (Lipinski definition) is 2. The lowest BCUT2D eigenvalue weighted by atomic mass is 9.82. The summed E-state index contributed by atoms with van der Waals surface area (Å²) in [5, 5.41) is 12.2. The van der Waals surface area contributed by atoms with Gasteiger partial charge < -0.3 is 15.3 Å². The quantitative estimate of drug-likeness (QED) is 0.899. The number of nitrogens with zero attached hydrogens (tertiary/aromatic N) is 1. The van der Waals surface area contributed by atoms with E-state index >= 15 is 0 Å². The third kappa shape index (κ3) is 3.35. The molecule has 0 aliphatic carbocycles. The number of hydrogen-bond acceptors (Lipinski definition) is 2. The first-order valence-corrected chi connectivity index (χ1v) is 7.33. The number of aliphatic carboxylic acids is 1. The van der Waals surface area contributed by atoms with E-state index in [1.54, 1.807) is 11.8 Å². The average Bonchev–Trinajstić information content (AvgIpc) is 2.47. The predicted molar refractivity (Wildman–Crippen MR) is 81.4 cm³/mol. The number of carboxylic acids is 1. The Labute approximate surface area is 125 Å². The summed E-state index contributed by atoms with van der Waals surface area (Å²) in [5.74, 6) is -0.839. The minimum absolute atomic E-state index is 0.219. The zero-order valence-corrected chi connectivity index (χ0v) is 12.6. The molecule has 0 spiro atoms. The first kappa shape index (κ1) is 15.4. The number of nitrogens with one attached hydrogen (secondary N) is 1. The molecule has 114 valence electrons. The summed E-state index contributed by atoms with van der Waals surface area (Å²) in [5.41, 5.74) is 1.02. The van der Waals surface area contributed by atoms with Crippen LogP contribution in [0, 0.1) is 5.41 Å². The number of rotatable bonds is 3. The summed E-state index contributed by atoms with van der Waals surface area (Å²) in [4.78, 5) is 25.3. The largest absolute Gasteiger partial charge is 0.481 e. The molecule has 1 heterocycles. The maximum atomic E-state index is 12.4. The van der Waals surface area contributed by atoms with Gasteiger partial charge in [0.1, 0.15) is 0 Å². The van der Waals surface area contributed by atoms with E-state index in [0.29, 0.717) is 19.4 Å². The number of aryl methyl sites for hydroxylation is 1. The summed E-state index contributed by atoms with van der Waals surface area (Å²) < 4.78 is 0. The number of carboxylic acid groups (broad SMARTS) is 1. The molecule has 0 bridgehead atoms. The smallest absolute Gasteiger partial charge is 0.321 e. The molecule has 2 N–H and O–H groups in total. The Kier molecular flexibility index (Phi) is 4.50. The molecule has 1 atom stereocenters. The molecule has 1 saturated heterocycles. The van der Waals surface area contributed by atoms with Crippen LogP contribution in [0.4, 0.5) is 10.5 Å². The minimum atomic E-state index is -0.847. The van der Waals surface area contributed by atoms with Gasteiger partial charge in [-0.3, -0.25) is 4.79 Å². The maximum Gasteiger partial charge on any atom is 0.321 e. The number of benzene rings is 1. The van der Waals surface area contributed by atoms with E-state index in [4.69, 9.17) is 0 Å². The van der Waals surface area contributed by atoms with Crippen LogP contribution >= 0.6 is 0 Å². The molecule has 0 aromatic heterocycles. The number of carbonyl (C=O) groups excluding carboxylic acids is 1. The predicted octanol–water partition coefficient (Wildman–Crippen LogP) is 2.97. The van der Waals surface area contributed by atoms with E-state index in [-0.39, 0.29) is 12.6 Å². The molecule has 0 saturated carbocycles. The van der Waals surface area contributed by atoms with Crippen molar-refractivity contribution >= 4 is 17.7 Å². The topological polar surface area (TPSA) is 69.6 Å². The Hall–Kier alpha value is -2.04. The monoisotopic (exact) mass is 290 g/mol. The van der Waals surface area contributed by atoms with E-state index < -0.39 is 11.4 Å². The Morgan fingerprint density at radius 3 is 2.76 bits per heavy atom.